The van der Waals surface area contributed by atoms with Gasteiger partial charge < -0.3 is 15.4 Å². The Morgan fingerprint density at radius 1 is 1.11 bits per heavy atom. The number of amides is 1. The van der Waals surface area contributed by atoms with Crippen LogP contribution >= 0.6 is 11.6 Å². The van der Waals surface area contributed by atoms with Crippen LogP contribution in [0.15, 0.2) is 54.9 Å². The fourth-order valence-electron chi connectivity index (χ4n) is 2.39. The van der Waals surface area contributed by atoms with Gasteiger partial charge in [0.15, 0.2) is 0 Å². The van der Waals surface area contributed by atoms with Crippen molar-refractivity contribution in [2.45, 2.75) is 13.8 Å². The Kier molecular flexibility index (Phi) is 5.88. The first-order valence-corrected chi connectivity index (χ1v) is 8.83. The van der Waals surface area contributed by atoms with Crippen LogP contribution in [0.2, 0.25) is 5.02 Å². The van der Waals surface area contributed by atoms with E-state index in [9.17, 15) is 4.79 Å². The lowest BCUT2D eigenvalue weighted by molar-refractivity contribution is 0.102. The van der Waals surface area contributed by atoms with Crippen LogP contribution in [0, 0.1) is 6.92 Å². The van der Waals surface area contributed by atoms with Crippen molar-refractivity contribution in [1.29, 1.82) is 0 Å². The second-order valence-corrected chi connectivity index (χ2v) is 6.14. The molecule has 3 rings (SSSR count). The number of nitrogens with one attached hydrogen (secondary N) is 2. The number of anilines is 3. The van der Waals surface area contributed by atoms with E-state index in [1.165, 1.54) is 12.4 Å². The summed E-state index contributed by atoms with van der Waals surface area (Å²) < 4.78 is 5.41. The fourth-order valence-corrected chi connectivity index (χ4v) is 2.56. The predicted molar refractivity (Wildman–Crippen MR) is 107 cm³/mol. The average molecular weight is 383 g/mol. The zero-order valence-corrected chi connectivity index (χ0v) is 15.7. The summed E-state index contributed by atoms with van der Waals surface area (Å²) in [5, 5.41) is 6.51. The second-order valence-electron chi connectivity index (χ2n) is 5.74. The van der Waals surface area contributed by atoms with Gasteiger partial charge in [0.1, 0.15) is 17.3 Å². The summed E-state index contributed by atoms with van der Waals surface area (Å²) in [6.07, 6.45) is 2.93. The van der Waals surface area contributed by atoms with Crippen molar-refractivity contribution in [3.63, 3.8) is 0 Å². The van der Waals surface area contributed by atoms with Gasteiger partial charge in [-0.05, 0) is 55.8 Å². The molecule has 0 aliphatic heterocycles. The summed E-state index contributed by atoms with van der Waals surface area (Å²) in [4.78, 5) is 20.8. The molecule has 0 aliphatic rings. The molecule has 0 saturated carbocycles. The first kappa shape index (κ1) is 18.7. The molecular weight excluding hydrogens is 364 g/mol. The van der Waals surface area contributed by atoms with Gasteiger partial charge in [0.2, 0.25) is 0 Å². The van der Waals surface area contributed by atoms with Crippen LogP contribution in [-0.2, 0) is 0 Å². The van der Waals surface area contributed by atoms with Crippen LogP contribution in [0.4, 0.5) is 17.2 Å². The van der Waals surface area contributed by atoms with E-state index >= 15 is 0 Å². The van der Waals surface area contributed by atoms with Crippen molar-refractivity contribution in [2.75, 3.05) is 17.2 Å². The molecule has 7 heteroatoms. The summed E-state index contributed by atoms with van der Waals surface area (Å²) in [5.74, 6) is 0.993. The SMILES string of the molecule is CCOc1ccc(Nc2cnc(C(=O)Nc3cccc(Cl)c3C)cn2)cc1. The average Bonchev–Trinajstić information content (AvgIpc) is 2.68. The molecule has 0 aliphatic carbocycles. The molecule has 0 bridgehead atoms. The molecule has 0 unspecified atom stereocenters. The largest absolute Gasteiger partial charge is 0.494 e. The Morgan fingerprint density at radius 2 is 1.89 bits per heavy atom. The number of hydrogen-bond donors (Lipinski definition) is 2. The van der Waals surface area contributed by atoms with Crippen molar-refractivity contribution < 1.29 is 9.53 Å². The van der Waals surface area contributed by atoms with Gasteiger partial charge in [0, 0.05) is 16.4 Å². The highest BCUT2D eigenvalue weighted by atomic mass is 35.5. The van der Waals surface area contributed by atoms with Crippen LogP contribution in [0.5, 0.6) is 5.75 Å². The smallest absolute Gasteiger partial charge is 0.275 e. The minimum absolute atomic E-state index is 0.214. The summed E-state index contributed by atoms with van der Waals surface area (Å²) in [6.45, 7) is 4.40. The van der Waals surface area contributed by atoms with Crippen molar-refractivity contribution in [3.8, 4) is 5.75 Å². The first-order valence-electron chi connectivity index (χ1n) is 8.45. The third kappa shape index (κ3) is 4.74. The third-order valence-electron chi connectivity index (χ3n) is 3.84. The molecule has 6 nitrogen and oxygen atoms in total. The van der Waals surface area contributed by atoms with Gasteiger partial charge in [-0.1, -0.05) is 17.7 Å². The highest BCUT2D eigenvalue weighted by molar-refractivity contribution is 6.31. The van der Waals surface area contributed by atoms with Gasteiger partial charge in [0.05, 0.1) is 19.0 Å². The Labute approximate surface area is 162 Å². The number of nitrogens with zero attached hydrogens (tertiary/aromatic N) is 2. The Balaban J connectivity index is 1.65. The molecule has 27 heavy (non-hydrogen) atoms. The number of hydrogen-bond acceptors (Lipinski definition) is 5. The minimum atomic E-state index is -0.347. The molecule has 0 fully saturated rings. The van der Waals surface area contributed by atoms with Crippen LogP contribution in [0.1, 0.15) is 23.0 Å². The molecule has 0 atom stereocenters. The maximum Gasteiger partial charge on any atom is 0.275 e. The molecule has 0 spiro atoms. The standard InChI is InChI=1S/C20H19ClN4O2/c1-3-27-15-9-7-14(8-10-15)24-19-12-22-18(11-23-19)20(26)25-17-6-4-5-16(21)13(17)2/h4-12H,3H2,1-2H3,(H,23,24)(H,25,26). The number of carbonyl (C=O) groups excluding carboxylic acids is 1. The predicted octanol–water partition coefficient (Wildman–Crippen LogP) is 4.83. The molecule has 2 aromatic carbocycles. The summed E-state index contributed by atoms with van der Waals surface area (Å²) in [7, 11) is 0. The number of halogens is 1. The Bertz CT molecular complexity index is 928. The van der Waals surface area contributed by atoms with Gasteiger partial charge in [-0.3, -0.25) is 4.79 Å². The molecule has 3 aromatic rings. The Morgan fingerprint density at radius 3 is 2.56 bits per heavy atom. The van der Waals surface area contributed by atoms with Crippen molar-refractivity contribution in [2.24, 2.45) is 0 Å². The monoisotopic (exact) mass is 382 g/mol. The number of benzene rings is 2. The van der Waals surface area contributed by atoms with E-state index in [1.807, 2.05) is 38.1 Å². The van der Waals surface area contributed by atoms with E-state index < -0.39 is 0 Å². The normalized spacial score (nSPS) is 10.3. The third-order valence-corrected chi connectivity index (χ3v) is 4.25. The molecule has 1 aromatic heterocycles. The van der Waals surface area contributed by atoms with Crippen molar-refractivity contribution in [3.05, 3.63) is 71.1 Å². The fraction of sp³-hybridized carbons (Fsp3) is 0.150. The van der Waals surface area contributed by atoms with E-state index in [-0.39, 0.29) is 11.6 Å². The Hall–Kier alpha value is -3.12. The van der Waals surface area contributed by atoms with Crippen molar-refractivity contribution >= 4 is 34.7 Å². The summed E-state index contributed by atoms with van der Waals surface area (Å²) >= 11 is 6.07. The zero-order chi connectivity index (χ0) is 19.2. The van der Waals surface area contributed by atoms with Crippen molar-refractivity contribution in [1.82, 2.24) is 9.97 Å². The van der Waals surface area contributed by atoms with E-state index in [0.717, 1.165) is 17.0 Å². The maximum atomic E-state index is 12.4. The van der Waals surface area contributed by atoms with E-state index in [2.05, 4.69) is 20.6 Å². The van der Waals surface area contributed by atoms with Crippen LogP contribution < -0.4 is 15.4 Å². The lowest BCUT2D eigenvalue weighted by atomic mass is 10.2. The van der Waals surface area contributed by atoms with Gasteiger partial charge in [-0.25, -0.2) is 9.97 Å². The quantitative estimate of drug-likeness (QED) is 0.638. The molecular formula is C20H19ClN4O2. The molecule has 0 radical (unpaired) electrons. The molecule has 1 amide bonds. The van der Waals surface area contributed by atoms with Crippen LogP contribution in [0.25, 0.3) is 0 Å². The topological polar surface area (TPSA) is 76.1 Å². The van der Waals surface area contributed by atoms with E-state index in [4.69, 9.17) is 16.3 Å². The van der Waals surface area contributed by atoms with Gasteiger partial charge in [-0.15, -0.1) is 0 Å². The number of ether oxygens (including phenoxy) is 1. The van der Waals surface area contributed by atoms with E-state index in [0.29, 0.717) is 23.1 Å². The zero-order valence-electron chi connectivity index (χ0n) is 15.0. The lowest BCUT2D eigenvalue weighted by Crippen LogP contribution is -2.15. The van der Waals surface area contributed by atoms with Crippen LogP contribution in [0.3, 0.4) is 0 Å². The van der Waals surface area contributed by atoms with Gasteiger partial charge in [0.25, 0.3) is 5.91 Å². The van der Waals surface area contributed by atoms with Gasteiger partial charge >= 0.3 is 0 Å². The van der Waals surface area contributed by atoms with E-state index in [1.54, 1.807) is 18.2 Å². The molecule has 0 saturated heterocycles. The summed E-state index contributed by atoms with van der Waals surface area (Å²) in [5.41, 5.74) is 2.51. The summed E-state index contributed by atoms with van der Waals surface area (Å²) in [6, 6.07) is 12.8. The maximum absolute atomic E-state index is 12.4. The highest BCUT2D eigenvalue weighted by Crippen LogP contribution is 2.23. The highest BCUT2D eigenvalue weighted by Gasteiger charge is 2.11. The number of rotatable bonds is 6. The van der Waals surface area contributed by atoms with Gasteiger partial charge in [-0.2, -0.15) is 0 Å². The minimum Gasteiger partial charge on any atom is -0.494 e. The molecule has 1 heterocycles. The second kappa shape index (κ2) is 8.51. The number of aromatic nitrogens is 2. The van der Waals surface area contributed by atoms with Crippen LogP contribution in [-0.4, -0.2) is 22.5 Å². The molecule has 2 N–H and O–H groups in total. The number of carbonyl (C=O) groups is 1. The lowest BCUT2D eigenvalue weighted by Gasteiger charge is -2.10. The molecule has 138 valence electrons. The first-order chi connectivity index (χ1) is 13.1.